The molecule has 0 N–H and O–H groups in total. The van der Waals surface area contributed by atoms with E-state index in [-0.39, 0.29) is 15.8 Å². The maximum atomic E-state index is 2.59. The third-order valence-corrected chi connectivity index (χ3v) is 14.1. The summed E-state index contributed by atoms with van der Waals surface area (Å²) in [6, 6.07) is 11.4. The van der Waals surface area contributed by atoms with Crippen LogP contribution < -0.4 is 5.30 Å². The molecule has 0 amide bonds. The van der Waals surface area contributed by atoms with Crippen LogP contribution in [-0.2, 0) is 0 Å². The van der Waals surface area contributed by atoms with Gasteiger partial charge in [0.1, 0.15) is 0 Å². The van der Waals surface area contributed by atoms with Crippen molar-refractivity contribution in [2.45, 2.75) is 74.2 Å². The summed E-state index contributed by atoms with van der Waals surface area (Å²) in [5, 5.41) is 1.57. The molecule has 1 saturated heterocycles. The van der Waals surface area contributed by atoms with E-state index in [9.17, 15) is 0 Å². The quantitative estimate of drug-likeness (QED) is 0.458. The second-order valence-electron chi connectivity index (χ2n) is 8.83. The van der Waals surface area contributed by atoms with Gasteiger partial charge in [-0.2, -0.15) is 0 Å². The largest absolute Gasteiger partial charge is 0.0893 e. The van der Waals surface area contributed by atoms with E-state index < -0.39 is 0 Å². The minimum absolute atomic E-state index is 0.0137. The molecule has 1 saturated carbocycles. The number of hydrogen-bond donors (Lipinski definition) is 0. The molecular formula is C26H32P2. The standard InChI is InChI=1S/C26H32P2/c1-19-23-15-9-17-25(23)28(22-13-7-4-8-14-22)26-18-10-16-24(26)20(2)27(19)21-11-5-3-6-12-21/h4,7-10,13-21,25-26H,3,5-6,11-12H2,1-2H3/t19-,20-,25?,26?,27?,28?/m1/s1. The molecule has 4 aliphatic rings. The Bertz CT molecular complexity index is 783. The fourth-order valence-electron chi connectivity index (χ4n) is 6.03. The van der Waals surface area contributed by atoms with E-state index >= 15 is 0 Å². The van der Waals surface area contributed by atoms with E-state index in [1.165, 1.54) is 32.1 Å². The summed E-state index contributed by atoms with van der Waals surface area (Å²) >= 11 is 0. The molecule has 2 unspecified atom stereocenters. The lowest BCUT2D eigenvalue weighted by molar-refractivity contribution is 0.508. The average Bonchev–Trinajstić information content (AvgIpc) is 3.40. The van der Waals surface area contributed by atoms with Crippen LogP contribution in [0.15, 0.2) is 77.9 Å². The third-order valence-electron chi connectivity index (χ3n) is 7.36. The van der Waals surface area contributed by atoms with Crippen molar-refractivity contribution < 1.29 is 0 Å². The summed E-state index contributed by atoms with van der Waals surface area (Å²) < 4.78 is 0. The number of rotatable bonds is 2. The number of benzene rings is 1. The second-order valence-corrected chi connectivity index (χ2v) is 14.4. The fourth-order valence-corrected chi connectivity index (χ4v) is 13.7. The van der Waals surface area contributed by atoms with Gasteiger partial charge in [-0.25, -0.2) is 0 Å². The monoisotopic (exact) mass is 406 g/mol. The minimum atomic E-state index is -0.281. The SMILES string of the molecule is C[C@@H]1C2=CC=CC2P(c2ccccc2)C2C=CC=C2[C@@H](C)P1C1CCCCC1. The van der Waals surface area contributed by atoms with Crippen LogP contribution in [0.25, 0.3) is 0 Å². The molecule has 1 heterocycles. The van der Waals surface area contributed by atoms with Gasteiger partial charge in [0.2, 0.25) is 0 Å². The van der Waals surface area contributed by atoms with Crippen molar-refractivity contribution in [3.05, 3.63) is 77.9 Å². The molecule has 2 heteroatoms. The topological polar surface area (TPSA) is 0 Å². The zero-order valence-electron chi connectivity index (χ0n) is 17.2. The van der Waals surface area contributed by atoms with Gasteiger partial charge in [0, 0.05) is 11.3 Å². The molecule has 4 atom stereocenters. The van der Waals surface area contributed by atoms with Crippen LogP contribution in [0.4, 0.5) is 0 Å². The Morgan fingerprint density at radius 1 is 0.750 bits per heavy atom. The van der Waals surface area contributed by atoms with Gasteiger partial charge in [-0.15, -0.1) is 0 Å². The second kappa shape index (κ2) is 8.05. The molecule has 3 aliphatic carbocycles. The van der Waals surface area contributed by atoms with Gasteiger partial charge in [-0.3, -0.25) is 0 Å². The van der Waals surface area contributed by atoms with Gasteiger partial charge in [-0.05, 0) is 35.1 Å². The van der Waals surface area contributed by atoms with Gasteiger partial charge >= 0.3 is 0 Å². The molecule has 0 nitrogen and oxygen atoms in total. The van der Waals surface area contributed by atoms with Crippen LogP contribution >= 0.6 is 15.8 Å². The first kappa shape index (κ1) is 19.0. The summed E-state index contributed by atoms with van der Waals surface area (Å²) in [6.07, 6.45) is 22.2. The van der Waals surface area contributed by atoms with Gasteiger partial charge < -0.3 is 0 Å². The molecule has 1 aliphatic heterocycles. The van der Waals surface area contributed by atoms with E-state index in [0.717, 1.165) is 17.0 Å². The minimum Gasteiger partial charge on any atom is -0.0893 e. The lowest BCUT2D eigenvalue weighted by Crippen LogP contribution is -2.34. The van der Waals surface area contributed by atoms with Gasteiger partial charge in [-0.1, -0.05) is 127 Å². The Kier molecular flexibility index (Phi) is 5.47. The van der Waals surface area contributed by atoms with Crippen molar-refractivity contribution in [1.29, 1.82) is 0 Å². The smallest absolute Gasteiger partial charge is 0.0241 e. The predicted octanol–water partition coefficient (Wildman–Crippen LogP) is 7.13. The zero-order valence-corrected chi connectivity index (χ0v) is 19.0. The maximum absolute atomic E-state index is 2.59. The molecule has 0 radical (unpaired) electrons. The van der Waals surface area contributed by atoms with Gasteiger partial charge in [0.05, 0.1) is 0 Å². The van der Waals surface area contributed by atoms with Gasteiger partial charge in [0.15, 0.2) is 0 Å². The van der Waals surface area contributed by atoms with Crippen LogP contribution in [0.3, 0.4) is 0 Å². The highest BCUT2D eigenvalue weighted by Crippen LogP contribution is 2.67. The highest BCUT2D eigenvalue weighted by molar-refractivity contribution is 7.68. The highest BCUT2D eigenvalue weighted by atomic mass is 31.1. The summed E-state index contributed by atoms with van der Waals surface area (Å²) in [6.45, 7) is 5.18. The molecule has 0 aromatic heterocycles. The first-order valence-corrected chi connectivity index (χ1v) is 14.2. The molecule has 28 heavy (non-hydrogen) atoms. The van der Waals surface area contributed by atoms with E-state index in [4.69, 9.17) is 0 Å². The van der Waals surface area contributed by atoms with Crippen molar-refractivity contribution in [2.75, 3.05) is 0 Å². The molecular weight excluding hydrogens is 374 g/mol. The Hall–Kier alpha value is -0.960. The molecule has 5 rings (SSSR count). The van der Waals surface area contributed by atoms with E-state index in [1.807, 2.05) is 0 Å². The Labute approximate surface area is 173 Å². The highest BCUT2D eigenvalue weighted by Gasteiger charge is 2.45. The Balaban J connectivity index is 1.59. The fraction of sp³-hybridized carbons (Fsp3) is 0.462. The van der Waals surface area contributed by atoms with E-state index in [1.54, 1.807) is 16.5 Å². The molecule has 1 aromatic carbocycles. The van der Waals surface area contributed by atoms with Crippen LogP contribution in [-0.4, -0.2) is 28.3 Å². The Morgan fingerprint density at radius 2 is 1.32 bits per heavy atom. The average molecular weight is 406 g/mol. The van der Waals surface area contributed by atoms with Crippen molar-refractivity contribution >= 4 is 21.1 Å². The lowest BCUT2D eigenvalue weighted by Gasteiger charge is -2.47. The van der Waals surface area contributed by atoms with E-state index in [0.29, 0.717) is 11.3 Å². The molecule has 0 bridgehead atoms. The first-order valence-electron chi connectivity index (χ1n) is 11.1. The third kappa shape index (κ3) is 3.22. The molecule has 146 valence electrons. The van der Waals surface area contributed by atoms with Crippen molar-refractivity contribution in [2.24, 2.45) is 0 Å². The van der Waals surface area contributed by atoms with Crippen LogP contribution in [0, 0.1) is 0 Å². The number of fused-ring (bicyclic) bond motifs is 2. The van der Waals surface area contributed by atoms with Crippen LogP contribution in [0.2, 0.25) is 0 Å². The summed E-state index contributed by atoms with van der Waals surface area (Å²) in [5.41, 5.74) is 7.26. The lowest BCUT2D eigenvalue weighted by atomic mass is 10.0. The summed E-state index contributed by atoms with van der Waals surface area (Å²) in [5.74, 6) is 0. The van der Waals surface area contributed by atoms with Crippen LogP contribution in [0.5, 0.6) is 0 Å². The van der Waals surface area contributed by atoms with E-state index in [2.05, 4.69) is 80.6 Å². The summed E-state index contributed by atoms with van der Waals surface area (Å²) in [4.78, 5) is 0. The van der Waals surface area contributed by atoms with Crippen molar-refractivity contribution in [1.82, 2.24) is 0 Å². The zero-order chi connectivity index (χ0) is 19.1. The Morgan fingerprint density at radius 3 is 1.89 bits per heavy atom. The van der Waals surface area contributed by atoms with Crippen molar-refractivity contribution in [3.63, 3.8) is 0 Å². The normalized spacial score (nSPS) is 37.6. The van der Waals surface area contributed by atoms with Crippen LogP contribution in [0.1, 0.15) is 46.0 Å². The van der Waals surface area contributed by atoms with Crippen molar-refractivity contribution in [3.8, 4) is 0 Å². The first-order chi connectivity index (χ1) is 13.8. The molecule has 1 aromatic rings. The predicted molar refractivity (Wildman–Crippen MR) is 128 cm³/mol. The molecule has 0 spiro atoms. The van der Waals surface area contributed by atoms with Gasteiger partial charge in [0.25, 0.3) is 0 Å². The number of allylic oxidation sites excluding steroid dienone is 8. The summed E-state index contributed by atoms with van der Waals surface area (Å²) in [7, 11) is -0.294. The maximum Gasteiger partial charge on any atom is 0.0241 e. The number of hydrogen-bond acceptors (Lipinski definition) is 0. The molecule has 2 fully saturated rings.